The van der Waals surface area contributed by atoms with Gasteiger partial charge in [-0.15, -0.1) is 0 Å². The lowest BCUT2D eigenvalue weighted by Gasteiger charge is -2.15. The molecule has 0 heterocycles. The monoisotopic (exact) mass is 309 g/mol. The van der Waals surface area contributed by atoms with Crippen molar-refractivity contribution >= 4 is 11.6 Å². The van der Waals surface area contributed by atoms with Gasteiger partial charge >= 0.3 is 0 Å². The molecule has 0 spiro atoms. The third-order valence-electron chi connectivity index (χ3n) is 3.89. The first kappa shape index (κ1) is 16.2. The summed E-state index contributed by atoms with van der Waals surface area (Å²) >= 11 is 6.36. The predicted molar refractivity (Wildman–Crippen MR) is 87.4 cm³/mol. The van der Waals surface area contributed by atoms with Gasteiger partial charge in [0.2, 0.25) is 0 Å². The lowest BCUT2D eigenvalue weighted by atomic mass is 9.97. The maximum atomic E-state index is 6.36. The highest BCUT2D eigenvalue weighted by molar-refractivity contribution is 6.33. The molecule has 2 rings (SSSR count). The lowest BCUT2D eigenvalue weighted by molar-refractivity contribution is 0.354. The van der Waals surface area contributed by atoms with Crippen LogP contribution in [0.2, 0.25) is 5.02 Å². The van der Waals surface area contributed by atoms with E-state index >= 15 is 0 Å². The summed E-state index contributed by atoms with van der Waals surface area (Å²) in [5.74, 6) is 1.27. The maximum Gasteiger partial charge on any atom is 0.179 e. The SMILES string of the molecule is COc1ccc(CNCCC2=CCCCC2)c(Cl)c1OC. The zero-order chi connectivity index (χ0) is 15.1. The van der Waals surface area contributed by atoms with Crippen molar-refractivity contribution < 1.29 is 9.47 Å². The van der Waals surface area contributed by atoms with Crippen LogP contribution in [0.3, 0.4) is 0 Å². The van der Waals surface area contributed by atoms with E-state index in [9.17, 15) is 0 Å². The van der Waals surface area contributed by atoms with Crippen LogP contribution in [0.5, 0.6) is 11.5 Å². The van der Waals surface area contributed by atoms with Gasteiger partial charge in [0, 0.05) is 6.54 Å². The third kappa shape index (κ3) is 4.39. The highest BCUT2D eigenvalue weighted by Gasteiger charge is 2.12. The van der Waals surface area contributed by atoms with Gasteiger partial charge in [-0.05, 0) is 50.3 Å². The van der Waals surface area contributed by atoms with Crippen molar-refractivity contribution in [1.82, 2.24) is 5.32 Å². The van der Waals surface area contributed by atoms with E-state index in [2.05, 4.69) is 11.4 Å². The van der Waals surface area contributed by atoms with Crippen LogP contribution in [0.1, 0.15) is 37.7 Å². The van der Waals surface area contributed by atoms with Crippen molar-refractivity contribution in [3.63, 3.8) is 0 Å². The molecule has 0 amide bonds. The summed E-state index contributed by atoms with van der Waals surface area (Å²) in [5.41, 5.74) is 2.62. The molecule has 4 heteroatoms. The molecule has 0 radical (unpaired) electrons. The van der Waals surface area contributed by atoms with Gasteiger partial charge < -0.3 is 14.8 Å². The fraction of sp³-hybridized carbons (Fsp3) is 0.529. The van der Waals surface area contributed by atoms with Gasteiger partial charge in [-0.3, -0.25) is 0 Å². The molecule has 116 valence electrons. The quantitative estimate of drug-likeness (QED) is 0.600. The predicted octanol–water partition coefficient (Wildman–Crippen LogP) is 4.34. The molecule has 1 aliphatic carbocycles. The number of benzene rings is 1. The summed E-state index contributed by atoms with van der Waals surface area (Å²) in [6.07, 6.45) is 8.72. The molecule has 3 nitrogen and oxygen atoms in total. The zero-order valence-electron chi connectivity index (χ0n) is 12.9. The second-order valence-electron chi connectivity index (χ2n) is 5.31. The number of nitrogens with one attached hydrogen (secondary N) is 1. The molecule has 0 atom stereocenters. The normalized spacial score (nSPS) is 14.7. The first-order valence-electron chi connectivity index (χ1n) is 7.54. The average Bonchev–Trinajstić information content (AvgIpc) is 2.53. The average molecular weight is 310 g/mol. The molecular weight excluding hydrogens is 286 g/mol. The van der Waals surface area contributed by atoms with Gasteiger partial charge in [-0.1, -0.05) is 29.3 Å². The van der Waals surface area contributed by atoms with Crippen LogP contribution >= 0.6 is 11.6 Å². The van der Waals surface area contributed by atoms with Gasteiger partial charge in [-0.2, -0.15) is 0 Å². The molecule has 1 aliphatic rings. The van der Waals surface area contributed by atoms with Gasteiger partial charge in [0.1, 0.15) is 0 Å². The van der Waals surface area contributed by atoms with Gasteiger partial charge in [0.05, 0.1) is 19.2 Å². The molecule has 0 saturated carbocycles. The Hall–Kier alpha value is -1.19. The van der Waals surface area contributed by atoms with E-state index in [1.807, 2.05) is 12.1 Å². The summed E-state index contributed by atoms with van der Waals surface area (Å²) in [4.78, 5) is 0. The van der Waals surface area contributed by atoms with E-state index in [-0.39, 0.29) is 0 Å². The standard InChI is InChI=1S/C17H24ClNO2/c1-20-15-9-8-14(16(18)17(15)21-2)12-19-11-10-13-6-4-3-5-7-13/h6,8-9,19H,3-5,7,10-12H2,1-2H3. The van der Waals surface area contributed by atoms with Crippen molar-refractivity contribution in [2.45, 2.75) is 38.6 Å². The van der Waals surface area contributed by atoms with Crippen LogP contribution in [0, 0.1) is 0 Å². The Balaban J connectivity index is 1.87. The Morgan fingerprint density at radius 1 is 1.19 bits per heavy atom. The summed E-state index contributed by atoms with van der Waals surface area (Å²) in [6, 6.07) is 3.88. The molecular formula is C17H24ClNO2. The van der Waals surface area contributed by atoms with Crippen LogP contribution < -0.4 is 14.8 Å². The first-order valence-corrected chi connectivity index (χ1v) is 7.92. The van der Waals surface area contributed by atoms with Crippen molar-refractivity contribution in [3.8, 4) is 11.5 Å². The fourth-order valence-electron chi connectivity index (χ4n) is 2.67. The first-order chi connectivity index (χ1) is 10.3. The largest absolute Gasteiger partial charge is 0.493 e. The lowest BCUT2D eigenvalue weighted by Crippen LogP contribution is -2.16. The van der Waals surface area contributed by atoms with Gasteiger partial charge in [0.15, 0.2) is 11.5 Å². The van der Waals surface area contributed by atoms with E-state index in [0.717, 1.165) is 25.1 Å². The number of ether oxygens (including phenoxy) is 2. The van der Waals surface area contributed by atoms with E-state index in [1.165, 1.54) is 25.7 Å². The molecule has 21 heavy (non-hydrogen) atoms. The van der Waals surface area contributed by atoms with Crippen molar-refractivity contribution in [2.75, 3.05) is 20.8 Å². The smallest absolute Gasteiger partial charge is 0.179 e. The molecule has 0 aromatic heterocycles. The minimum Gasteiger partial charge on any atom is -0.493 e. The molecule has 1 N–H and O–H groups in total. The molecule has 0 aliphatic heterocycles. The summed E-state index contributed by atoms with van der Waals surface area (Å²) in [6.45, 7) is 1.73. The van der Waals surface area contributed by atoms with E-state index in [4.69, 9.17) is 21.1 Å². The third-order valence-corrected chi connectivity index (χ3v) is 4.30. The molecule has 0 unspecified atom stereocenters. The van der Waals surface area contributed by atoms with Crippen LogP contribution in [-0.4, -0.2) is 20.8 Å². The van der Waals surface area contributed by atoms with E-state index in [1.54, 1.807) is 19.8 Å². The van der Waals surface area contributed by atoms with Gasteiger partial charge in [-0.25, -0.2) is 0 Å². The van der Waals surface area contributed by atoms with Crippen molar-refractivity contribution in [3.05, 3.63) is 34.4 Å². The molecule has 1 aromatic carbocycles. The van der Waals surface area contributed by atoms with Gasteiger partial charge in [0.25, 0.3) is 0 Å². The second-order valence-corrected chi connectivity index (χ2v) is 5.69. The summed E-state index contributed by atoms with van der Waals surface area (Å²) < 4.78 is 10.6. The number of allylic oxidation sites excluding steroid dienone is 1. The number of rotatable bonds is 7. The molecule has 0 saturated heterocycles. The Kier molecular flexibility index (Phi) is 6.40. The van der Waals surface area contributed by atoms with Crippen LogP contribution in [0.15, 0.2) is 23.8 Å². The second kappa shape index (κ2) is 8.30. The minimum atomic E-state index is 0.605. The number of hydrogen-bond donors (Lipinski definition) is 1. The minimum absolute atomic E-state index is 0.605. The number of hydrogen-bond acceptors (Lipinski definition) is 3. The molecule has 0 bridgehead atoms. The Morgan fingerprint density at radius 2 is 2.05 bits per heavy atom. The summed E-state index contributed by atoms with van der Waals surface area (Å²) in [7, 11) is 3.22. The highest BCUT2D eigenvalue weighted by atomic mass is 35.5. The highest BCUT2D eigenvalue weighted by Crippen LogP contribution is 2.37. The van der Waals surface area contributed by atoms with Crippen molar-refractivity contribution in [2.24, 2.45) is 0 Å². The van der Waals surface area contributed by atoms with Crippen LogP contribution in [0.4, 0.5) is 0 Å². The van der Waals surface area contributed by atoms with Crippen LogP contribution in [-0.2, 0) is 6.54 Å². The maximum absolute atomic E-state index is 6.36. The van der Waals surface area contributed by atoms with Crippen molar-refractivity contribution in [1.29, 1.82) is 0 Å². The Morgan fingerprint density at radius 3 is 2.71 bits per heavy atom. The van der Waals surface area contributed by atoms with E-state index in [0.29, 0.717) is 16.5 Å². The Bertz CT molecular complexity index is 500. The fourth-order valence-corrected chi connectivity index (χ4v) is 2.97. The number of methoxy groups -OCH3 is 2. The zero-order valence-corrected chi connectivity index (χ0v) is 13.6. The summed E-state index contributed by atoms with van der Waals surface area (Å²) in [5, 5.41) is 4.08. The Labute approximate surface area is 132 Å². The number of halogens is 1. The molecule has 1 aromatic rings. The van der Waals surface area contributed by atoms with E-state index < -0.39 is 0 Å². The molecule has 0 fully saturated rings. The van der Waals surface area contributed by atoms with Crippen LogP contribution in [0.25, 0.3) is 0 Å². The topological polar surface area (TPSA) is 30.5 Å².